The van der Waals surface area contributed by atoms with E-state index in [0.717, 1.165) is 29.2 Å². The fraction of sp³-hybridized carbons (Fsp3) is 0.548. The third kappa shape index (κ3) is 9.52. The van der Waals surface area contributed by atoms with Gasteiger partial charge in [0.2, 0.25) is 0 Å². The van der Waals surface area contributed by atoms with Crippen molar-refractivity contribution in [3.8, 4) is 0 Å². The van der Waals surface area contributed by atoms with Crippen molar-refractivity contribution >= 4 is 24.2 Å². The highest BCUT2D eigenvalue weighted by Crippen LogP contribution is 2.35. The average Bonchev–Trinajstić information content (AvgIpc) is 2.88. The van der Waals surface area contributed by atoms with Gasteiger partial charge in [-0.05, 0) is 55.3 Å². The topological polar surface area (TPSA) is 24.7 Å². The van der Waals surface area contributed by atoms with Crippen LogP contribution in [-0.2, 0) is 0 Å². The van der Waals surface area contributed by atoms with Crippen LogP contribution in [0.4, 0.5) is 4.39 Å². The molecule has 190 valence electrons. The first-order valence-corrected chi connectivity index (χ1v) is 13.3. The maximum Gasteiger partial charge on any atom is 0.133 e. The van der Waals surface area contributed by atoms with Gasteiger partial charge in [0.05, 0.1) is 5.70 Å². The molecule has 1 aliphatic heterocycles. The van der Waals surface area contributed by atoms with Gasteiger partial charge >= 0.3 is 0 Å². The second-order valence-electron chi connectivity index (χ2n) is 8.44. The Morgan fingerprint density at radius 3 is 2.18 bits per heavy atom. The van der Waals surface area contributed by atoms with Crippen LogP contribution in [0, 0.1) is 17.7 Å². The largest absolute Gasteiger partial charge is 0.264 e. The van der Waals surface area contributed by atoms with Crippen LogP contribution in [0.2, 0.25) is 0 Å². The van der Waals surface area contributed by atoms with Gasteiger partial charge in [-0.25, -0.2) is 4.39 Å². The lowest BCUT2D eigenvalue weighted by atomic mass is 9.80. The Bertz CT molecular complexity index is 839. The van der Waals surface area contributed by atoms with Gasteiger partial charge in [-0.3, -0.25) is 9.98 Å². The van der Waals surface area contributed by atoms with E-state index in [0.29, 0.717) is 17.2 Å². The molecule has 0 saturated heterocycles. The molecule has 2 nitrogen and oxygen atoms in total. The molecule has 1 unspecified atom stereocenters. The molecule has 1 aliphatic carbocycles. The predicted molar refractivity (Wildman–Crippen MR) is 153 cm³/mol. The van der Waals surface area contributed by atoms with Crippen LogP contribution in [0.25, 0.3) is 11.8 Å². The number of aliphatic imine (C=N–C) groups is 2. The third-order valence-electron chi connectivity index (χ3n) is 5.82. The molecule has 2 aliphatic rings. The van der Waals surface area contributed by atoms with Crippen LogP contribution >= 0.6 is 0 Å². The Morgan fingerprint density at radius 1 is 1.12 bits per heavy atom. The summed E-state index contributed by atoms with van der Waals surface area (Å²) in [7, 11) is 0. The van der Waals surface area contributed by atoms with E-state index in [9.17, 15) is 4.39 Å². The molecule has 0 radical (unpaired) electrons. The molecule has 0 spiro atoms. The minimum Gasteiger partial charge on any atom is -0.264 e. The Kier molecular flexibility index (Phi) is 16.9. The highest BCUT2D eigenvalue weighted by molar-refractivity contribution is 5.95. The monoisotopic (exact) mass is 468 g/mol. The standard InChI is InChI=1S/C24H29FN2.C3H8.2C2H6/c1-5-18-11-12-20(21(25)14-18)24(26-4)16(2)13-22-17(3)23(27-22)15-19-9-7-6-8-10-19;1-3-2;2*1-2/h5,11-14,17,19H,1,4,6-10,15H2,2-3H3;3H2,1-2H3;2*1-2H3/b22-13+,24-16-;;;. The highest BCUT2D eigenvalue weighted by Gasteiger charge is 2.28. The number of rotatable bonds is 6. The van der Waals surface area contributed by atoms with E-state index >= 15 is 0 Å². The minimum absolute atomic E-state index is 0.310. The zero-order valence-electron chi connectivity index (χ0n) is 23.2. The molecule has 1 aromatic rings. The molecule has 1 fully saturated rings. The smallest absolute Gasteiger partial charge is 0.133 e. The highest BCUT2D eigenvalue weighted by atomic mass is 19.1. The molecule has 1 heterocycles. The molecule has 34 heavy (non-hydrogen) atoms. The van der Waals surface area contributed by atoms with Crippen molar-refractivity contribution < 1.29 is 4.39 Å². The van der Waals surface area contributed by atoms with Crippen LogP contribution < -0.4 is 0 Å². The molecule has 0 N–H and O–H groups in total. The summed E-state index contributed by atoms with van der Waals surface area (Å²) in [5, 5.41) is 0. The lowest BCUT2D eigenvalue weighted by Crippen LogP contribution is -2.26. The van der Waals surface area contributed by atoms with Gasteiger partial charge < -0.3 is 0 Å². The zero-order valence-corrected chi connectivity index (χ0v) is 23.2. The first kappa shape index (κ1) is 31.7. The first-order valence-electron chi connectivity index (χ1n) is 13.3. The fourth-order valence-corrected chi connectivity index (χ4v) is 4.09. The second-order valence-corrected chi connectivity index (χ2v) is 8.44. The van der Waals surface area contributed by atoms with Gasteiger partial charge in [0.25, 0.3) is 0 Å². The third-order valence-corrected chi connectivity index (χ3v) is 5.82. The van der Waals surface area contributed by atoms with Crippen molar-refractivity contribution in [2.45, 2.75) is 100 Å². The van der Waals surface area contributed by atoms with Crippen molar-refractivity contribution in [3.63, 3.8) is 0 Å². The quantitative estimate of drug-likeness (QED) is 0.371. The zero-order chi connectivity index (χ0) is 26.1. The van der Waals surface area contributed by atoms with Gasteiger partial charge in [-0.15, -0.1) is 0 Å². The molecular formula is C31H49FN2. The fourth-order valence-electron chi connectivity index (χ4n) is 4.09. The summed E-state index contributed by atoms with van der Waals surface area (Å²) in [5.74, 6) is 0.873. The first-order chi connectivity index (χ1) is 16.4. The Hall–Kier alpha value is -2.29. The summed E-state index contributed by atoms with van der Waals surface area (Å²) in [6.45, 7) is 23.7. The van der Waals surface area contributed by atoms with Crippen LogP contribution in [0.5, 0.6) is 0 Å². The molecule has 1 atom stereocenters. The lowest BCUT2D eigenvalue weighted by Gasteiger charge is -2.30. The molecule has 0 aromatic heterocycles. The van der Waals surface area contributed by atoms with E-state index in [4.69, 9.17) is 4.99 Å². The maximum atomic E-state index is 14.4. The van der Waals surface area contributed by atoms with Crippen molar-refractivity contribution in [3.05, 3.63) is 59.1 Å². The van der Waals surface area contributed by atoms with E-state index in [1.165, 1.54) is 50.3 Å². The van der Waals surface area contributed by atoms with E-state index < -0.39 is 0 Å². The molecule has 1 saturated carbocycles. The summed E-state index contributed by atoms with van der Waals surface area (Å²) < 4.78 is 14.4. The Balaban J connectivity index is 0.00000141. The van der Waals surface area contributed by atoms with E-state index in [2.05, 4.69) is 39.1 Å². The molecule has 3 rings (SSSR count). The summed E-state index contributed by atoms with van der Waals surface area (Å²) in [6.07, 6.45) is 12.8. The van der Waals surface area contributed by atoms with Crippen LogP contribution in [0.15, 0.2) is 52.1 Å². The van der Waals surface area contributed by atoms with E-state index in [-0.39, 0.29) is 5.82 Å². The van der Waals surface area contributed by atoms with Crippen molar-refractivity contribution in [2.24, 2.45) is 21.8 Å². The van der Waals surface area contributed by atoms with E-state index in [1.54, 1.807) is 12.1 Å². The van der Waals surface area contributed by atoms with Gasteiger partial charge in [0.1, 0.15) is 5.82 Å². The molecule has 0 bridgehead atoms. The Morgan fingerprint density at radius 2 is 1.71 bits per heavy atom. The number of hydrogen-bond donors (Lipinski definition) is 0. The van der Waals surface area contributed by atoms with Crippen molar-refractivity contribution in [1.29, 1.82) is 0 Å². The van der Waals surface area contributed by atoms with Gasteiger partial charge in [-0.2, -0.15) is 0 Å². The summed E-state index contributed by atoms with van der Waals surface area (Å²) >= 11 is 0. The molecule has 0 amide bonds. The van der Waals surface area contributed by atoms with Gasteiger partial charge in [0.15, 0.2) is 0 Å². The number of nitrogens with zero attached hydrogens (tertiary/aromatic N) is 2. The van der Waals surface area contributed by atoms with Gasteiger partial charge in [-0.1, -0.05) is 106 Å². The molecule has 1 aromatic carbocycles. The lowest BCUT2D eigenvalue weighted by molar-refractivity contribution is 0.364. The SMILES string of the molecule is C=Cc1ccc(/C(N=C)=C(C)/C=C2/N=C(CC3CCCCC3)C2C)c(F)c1.CC.CC.CCC. The molecule has 3 heteroatoms. The van der Waals surface area contributed by atoms with Crippen molar-refractivity contribution in [2.75, 3.05) is 0 Å². The summed E-state index contributed by atoms with van der Waals surface area (Å²) in [5.41, 5.74) is 5.04. The van der Waals surface area contributed by atoms with Gasteiger partial charge in [0, 0.05) is 22.9 Å². The summed E-state index contributed by atoms with van der Waals surface area (Å²) in [6, 6.07) is 5.05. The molecular weight excluding hydrogens is 419 g/mol. The van der Waals surface area contributed by atoms with Crippen LogP contribution in [-0.4, -0.2) is 12.4 Å². The minimum atomic E-state index is -0.310. The number of hydrogen-bond acceptors (Lipinski definition) is 2. The predicted octanol–water partition coefficient (Wildman–Crippen LogP) is 10.3. The van der Waals surface area contributed by atoms with Crippen LogP contribution in [0.3, 0.4) is 0 Å². The number of benzene rings is 1. The van der Waals surface area contributed by atoms with Crippen molar-refractivity contribution in [1.82, 2.24) is 0 Å². The van der Waals surface area contributed by atoms with Crippen LogP contribution in [0.1, 0.15) is 111 Å². The normalized spacial score (nSPS) is 18.9. The summed E-state index contributed by atoms with van der Waals surface area (Å²) in [4.78, 5) is 8.87. The maximum absolute atomic E-state index is 14.4. The number of halogens is 1. The number of allylic oxidation sites excluding steroid dienone is 3. The second kappa shape index (κ2) is 18.1. The average molecular weight is 469 g/mol. The van der Waals surface area contributed by atoms with E-state index in [1.807, 2.05) is 46.8 Å². The Labute approximate surface area is 209 Å².